The first-order chi connectivity index (χ1) is 8.26. The van der Waals surface area contributed by atoms with E-state index in [1.54, 1.807) is 0 Å². The van der Waals surface area contributed by atoms with Crippen LogP contribution in [0.25, 0.3) is 0 Å². The Balaban J connectivity index is 2.28. The second-order valence-electron chi connectivity index (χ2n) is 4.34. The Hall–Kier alpha value is -0.840. The lowest BCUT2D eigenvalue weighted by Gasteiger charge is -2.29. The number of anilines is 2. The van der Waals surface area contributed by atoms with Crippen LogP contribution in [0.4, 0.5) is 11.8 Å². The number of halogens is 1. The van der Waals surface area contributed by atoms with Gasteiger partial charge in [-0.3, -0.25) is 0 Å². The first-order valence-electron chi connectivity index (χ1n) is 6.23. The normalized spacial score (nSPS) is 16.2. The summed E-state index contributed by atoms with van der Waals surface area (Å²) in [5.41, 5.74) is 0. The zero-order valence-corrected chi connectivity index (χ0v) is 12.0. The summed E-state index contributed by atoms with van der Waals surface area (Å²) in [6.07, 6.45) is 7.05. The number of nitrogens with zero attached hydrogens (tertiary/aromatic N) is 3. The number of nitrogens with one attached hydrogen (secondary N) is 1. The van der Waals surface area contributed by atoms with Gasteiger partial charge in [0.1, 0.15) is 5.82 Å². The highest BCUT2D eigenvalue weighted by Crippen LogP contribution is 2.31. The van der Waals surface area contributed by atoms with Crippen LogP contribution in [-0.4, -0.2) is 29.6 Å². The Bertz CT molecular complexity index is 377. The minimum Gasteiger partial charge on any atom is -0.357 e. The van der Waals surface area contributed by atoms with Crippen molar-refractivity contribution >= 4 is 27.7 Å². The molecule has 0 atom stereocenters. The summed E-state index contributed by atoms with van der Waals surface area (Å²) in [6.45, 7) is 3.18. The predicted octanol–water partition coefficient (Wildman–Crippen LogP) is 3.05. The summed E-state index contributed by atoms with van der Waals surface area (Å²) in [7, 11) is 1.85. The molecular formula is C12H19BrN4. The van der Waals surface area contributed by atoms with Gasteiger partial charge in [0.25, 0.3) is 0 Å². The molecule has 4 nitrogen and oxygen atoms in total. The van der Waals surface area contributed by atoms with Crippen LogP contribution in [0.2, 0.25) is 0 Å². The SMILES string of the molecule is CCN(c1nc(NC)ncc1Br)C1CCCC1. The van der Waals surface area contributed by atoms with E-state index in [0.29, 0.717) is 12.0 Å². The summed E-state index contributed by atoms with van der Waals surface area (Å²) in [6, 6.07) is 0.635. The molecule has 0 amide bonds. The Morgan fingerprint density at radius 3 is 2.76 bits per heavy atom. The fourth-order valence-electron chi connectivity index (χ4n) is 2.48. The second-order valence-corrected chi connectivity index (χ2v) is 5.19. The average molecular weight is 299 g/mol. The zero-order chi connectivity index (χ0) is 12.3. The molecule has 2 rings (SSSR count). The van der Waals surface area contributed by atoms with Gasteiger partial charge in [-0.15, -0.1) is 0 Å². The summed E-state index contributed by atoms with van der Waals surface area (Å²) < 4.78 is 0.977. The van der Waals surface area contributed by atoms with E-state index in [4.69, 9.17) is 0 Å². The van der Waals surface area contributed by atoms with Crippen LogP contribution in [0.3, 0.4) is 0 Å². The molecule has 5 heteroatoms. The first kappa shape index (κ1) is 12.6. The van der Waals surface area contributed by atoms with Crippen LogP contribution in [0.5, 0.6) is 0 Å². The molecule has 1 aliphatic carbocycles. The van der Waals surface area contributed by atoms with Crippen LogP contribution in [-0.2, 0) is 0 Å². The predicted molar refractivity (Wildman–Crippen MR) is 74.6 cm³/mol. The molecule has 0 aromatic carbocycles. The van der Waals surface area contributed by atoms with Gasteiger partial charge >= 0.3 is 0 Å². The van der Waals surface area contributed by atoms with Gasteiger partial charge in [0, 0.05) is 25.8 Å². The smallest absolute Gasteiger partial charge is 0.224 e. The number of hydrogen-bond acceptors (Lipinski definition) is 4. The molecule has 0 bridgehead atoms. The molecule has 1 aromatic heterocycles. The highest BCUT2D eigenvalue weighted by atomic mass is 79.9. The molecule has 0 unspecified atom stereocenters. The van der Waals surface area contributed by atoms with Gasteiger partial charge in [-0.2, -0.15) is 4.98 Å². The highest BCUT2D eigenvalue weighted by molar-refractivity contribution is 9.10. The maximum Gasteiger partial charge on any atom is 0.224 e. The van der Waals surface area contributed by atoms with Crippen molar-refractivity contribution in [3.05, 3.63) is 10.7 Å². The van der Waals surface area contributed by atoms with Gasteiger partial charge in [0.2, 0.25) is 5.95 Å². The van der Waals surface area contributed by atoms with Crippen molar-refractivity contribution in [2.24, 2.45) is 0 Å². The Morgan fingerprint density at radius 1 is 1.47 bits per heavy atom. The molecule has 1 aliphatic rings. The van der Waals surface area contributed by atoms with Crippen LogP contribution >= 0.6 is 15.9 Å². The van der Waals surface area contributed by atoms with Crippen molar-refractivity contribution in [2.45, 2.75) is 38.6 Å². The highest BCUT2D eigenvalue weighted by Gasteiger charge is 2.24. The van der Waals surface area contributed by atoms with E-state index in [0.717, 1.165) is 16.8 Å². The van der Waals surface area contributed by atoms with Crippen LogP contribution < -0.4 is 10.2 Å². The molecule has 94 valence electrons. The van der Waals surface area contributed by atoms with Crippen molar-refractivity contribution in [1.29, 1.82) is 0 Å². The molecule has 1 fully saturated rings. The molecule has 1 heterocycles. The lowest BCUT2D eigenvalue weighted by Crippen LogP contribution is -2.34. The quantitative estimate of drug-likeness (QED) is 0.928. The summed E-state index contributed by atoms with van der Waals surface area (Å²) in [4.78, 5) is 11.2. The topological polar surface area (TPSA) is 41.1 Å². The number of hydrogen-bond donors (Lipinski definition) is 1. The monoisotopic (exact) mass is 298 g/mol. The lowest BCUT2D eigenvalue weighted by molar-refractivity contribution is 0.611. The molecule has 1 aromatic rings. The van der Waals surface area contributed by atoms with Crippen LogP contribution in [0.15, 0.2) is 10.7 Å². The van der Waals surface area contributed by atoms with Gasteiger partial charge in [-0.1, -0.05) is 12.8 Å². The molecule has 0 spiro atoms. The van der Waals surface area contributed by atoms with Gasteiger partial charge in [-0.05, 0) is 35.7 Å². The zero-order valence-electron chi connectivity index (χ0n) is 10.4. The van der Waals surface area contributed by atoms with E-state index < -0.39 is 0 Å². The van der Waals surface area contributed by atoms with Gasteiger partial charge in [0.05, 0.1) is 4.47 Å². The summed E-state index contributed by atoms with van der Waals surface area (Å²) in [5.74, 6) is 1.69. The van der Waals surface area contributed by atoms with Gasteiger partial charge in [-0.25, -0.2) is 4.98 Å². The van der Waals surface area contributed by atoms with Gasteiger partial charge in [0.15, 0.2) is 0 Å². The summed E-state index contributed by atoms with van der Waals surface area (Å²) >= 11 is 3.55. The molecular weight excluding hydrogens is 280 g/mol. The fraction of sp³-hybridized carbons (Fsp3) is 0.667. The molecule has 0 saturated heterocycles. The average Bonchev–Trinajstić information content (AvgIpc) is 2.86. The third-order valence-corrected chi connectivity index (χ3v) is 3.89. The maximum atomic E-state index is 4.56. The van der Waals surface area contributed by atoms with E-state index >= 15 is 0 Å². The van der Waals surface area contributed by atoms with Gasteiger partial charge < -0.3 is 10.2 Å². The van der Waals surface area contributed by atoms with Crippen molar-refractivity contribution in [3.63, 3.8) is 0 Å². The molecule has 0 aliphatic heterocycles. The summed E-state index contributed by atoms with van der Waals surface area (Å²) in [5, 5.41) is 2.99. The van der Waals surface area contributed by atoms with E-state index in [9.17, 15) is 0 Å². The van der Waals surface area contributed by atoms with E-state index in [-0.39, 0.29) is 0 Å². The minimum absolute atomic E-state index is 0.635. The van der Waals surface area contributed by atoms with Crippen LogP contribution in [0.1, 0.15) is 32.6 Å². The number of aromatic nitrogens is 2. The van der Waals surface area contributed by atoms with Crippen LogP contribution in [0, 0.1) is 0 Å². The van der Waals surface area contributed by atoms with E-state index in [1.807, 2.05) is 13.2 Å². The largest absolute Gasteiger partial charge is 0.357 e. The standard InChI is InChI=1S/C12H19BrN4/c1-3-17(9-6-4-5-7-9)11-10(13)8-15-12(14-2)16-11/h8-9H,3-7H2,1-2H3,(H,14,15,16). The van der Waals surface area contributed by atoms with E-state index in [2.05, 4.69) is 43.0 Å². The lowest BCUT2D eigenvalue weighted by atomic mass is 10.2. The number of rotatable bonds is 4. The Morgan fingerprint density at radius 2 is 2.18 bits per heavy atom. The fourth-order valence-corrected chi connectivity index (χ4v) is 2.90. The Kier molecular flexibility index (Phi) is 4.20. The maximum absolute atomic E-state index is 4.56. The third-order valence-electron chi connectivity index (χ3n) is 3.33. The minimum atomic E-state index is 0.635. The van der Waals surface area contributed by atoms with Crippen molar-refractivity contribution in [1.82, 2.24) is 9.97 Å². The first-order valence-corrected chi connectivity index (χ1v) is 7.02. The Labute approximate surface area is 111 Å². The molecule has 1 saturated carbocycles. The molecule has 17 heavy (non-hydrogen) atoms. The molecule has 0 radical (unpaired) electrons. The van der Waals surface area contributed by atoms with E-state index in [1.165, 1.54) is 25.7 Å². The second kappa shape index (κ2) is 5.67. The van der Waals surface area contributed by atoms with Crippen molar-refractivity contribution < 1.29 is 0 Å². The van der Waals surface area contributed by atoms with Crippen molar-refractivity contribution in [2.75, 3.05) is 23.8 Å². The van der Waals surface area contributed by atoms with Crippen molar-refractivity contribution in [3.8, 4) is 0 Å². The molecule has 1 N–H and O–H groups in total. The third kappa shape index (κ3) is 2.70.